The lowest BCUT2D eigenvalue weighted by molar-refractivity contribution is -0.123. The van der Waals surface area contributed by atoms with Crippen LogP contribution < -0.4 is 14.9 Å². The van der Waals surface area contributed by atoms with Crippen LogP contribution in [-0.2, 0) is 11.4 Å². The fourth-order valence-electron chi connectivity index (χ4n) is 4.82. The van der Waals surface area contributed by atoms with Crippen LogP contribution in [-0.4, -0.2) is 18.7 Å². The number of rotatable bonds is 8. The molecule has 2 aliphatic rings. The lowest BCUT2D eigenvalue weighted by Crippen LogP contribution is -2.22. The van der Waals surface area contributed by atoms with E-state index in [2.05, 4.69) is 17.5 Å². The number of hydrazone groups is 1. The molecule has 0 saturated heterocycles. The van der Waals surface area contributed by atoms with Crippen LogP contribution in [0.1, 0.15) is 50.7 Å². The molecular weight excluding hydrogens is 376 g/mol. The van der Waals surface area contributed by atoms with Crippen molar-refractivity contribution < 1.29 is 14.3 Å². The van der Waals surface area contributed by atoms with Gasteiger partial charge in [0.25, 0.3) is 0 Å². The molecule has 1 N–H and O–H groups in total. The fourth-order valence-corrected chi connectivity index (χ4v) is 4.82. The molecule has 0 aliphatic heterocycles. The molecule has 2 aromatic carbocycles. The van der Waals surface area contributed by atoms with E-state index >= 15 is 0 Å². The van der Waals surface area contributed by atoms with Gasteiger partial charge in [-0.25, -0.2) is 5.43 Å². The zero-order valence-corrected chi connectivity index (χ0v) is 17.8. The highest BCUT2D eigenvalue weighted by molar-refractivity contribution is 5.86. The number of amides is 1. The van der Waals surface area contributed by atoms with Gasteiger partial charge in [0, 0.05) is 5.92 Å². The van der Waals surface area contributed by atoms with Crippen LogP contribution in [0.15, 0.2) is 53.6 Å². The van der Waals surface area contributed by atoms with Crippen molar-refractivity contribution >= 4 is 12.1 Å². The lowest BCUT2D eigenvalue weighted by Gasteiger charge is -2.15. The smallest absolute Gasteiger partial charge is 0.244 e. The van der Waals surface area contributed by atoms with Crippen molar-refractivity contribution in [1.82, 2.24) is 5.43 Å². The fraction of sp³-hybridized carbons (Fsp3) is 0.440. The van der Waals surface area contributed by atoms with Crippen molar-refractivity contribution in [1.29, 1.82) is 0 Å². The Morgan fingerprint density at radius 2 is 2.00 bits per heavy atom. The molecule has 2 fully saturated rings. The Morgan fingerprint density at radius 1 is 1.17 bits per heavy atom. The minimum Gasteiger partial charge on any atom is -0.490 e. The van der Waals surface area contributed by atoms with Gasteiger partial charge in [-0.3, -0.25) is 4.79 Å². The van der Waals surface area contributed by atoms with Crippen LogP contribution >= 0.6 is 0 Å². The maximum absolute atomic E-state index is 12.5. The van der Waals surface area contributed by atoms with E-state index in [4.69, 9.17) is 9.47 Å². The monoisotopic (exact) mass is 406 g/mol. The molecule has 30 heavy (non-hydrogen) atoms. The molecule has 2 saturated carbocycles. The molecule has 5 nitrogen and oxygen atoms in total. The second-order valence-corrected chi connectivity index (χ2v) is 8.48. The maximum Gasteiger partial charge on any atom is 0.244 e. The number of benzene rings is 2. The van der Waals surface area contributed by atoms with Gasteiger partial charge in [0.2, 0.25) is 5.91 Å². The van der Waals surface area contributed by atoms with Crippen LogP contribution in [0.5, 0.6) is 11.5 Å². The average molecular weight is 407 g/mol. The van der Waals surface area contributed by atoms with Crippen LogP contribution in [0.2, 0.25) is 0 Å². The van der Waals surface area contributed by atoms with Gasteiger partial charge in [0.05, 0.1) is 12.8 Å². The largest absolute Gasteiger partial charge is 0.490 e. The summed E-state index contributed by atoms with van der Waals surface area (Å²) in [6, 6.07) is 15.7. The van der Waals surface area contributed by atoms with Crippen LogP contribution in [0.25, 0.3) is 0 Å². The molecule has 0 heterocycles. The van der Waals surface area contributed by atoms with Crippen LogP contribution in [0.4, 0.5) is 0 Å². The summed E-state index contributed by atoms with van der Waals surface area (Å²) < 4.78 is 11.7. The predicted octanol–water partition coefficient (Wildman–Crippen LogP) is 4.94. The molecule has 3 atom stereocenters. The normalized spacial score (nSPS) is 24.9. The summed E-state index contributed by atoms with van der Waals surface area (Å²) in [5, 5.41) is 4.20. The highest BCUT2D eigenvalue weighted by atomic mass is 16.5. The van der Waals surface area contributed by atoms with Crippen molar-refractivity contribution in [2.24, 2.45) is 22.4 Å². The van der Waals surface area contributed by atoms with E-state index in [0.29, 0.717) is 30.6 Å². The summed E-state index contributed by atoms with van der Waals surface area (Å²) in [7, 11) is 0. The lowest BCUT2D eigenvalue weighted by atomic mass is 9.90. The second-order valence-electron chi connectivity index (χ2n) is 8.48. The van der Waals surface area contributed by atoms with E-state index in [9.17, 15) is 4.79 Å². The first-order valence-corrected chi connectivity index (χ1v) is 10.9. The molecule has 2 aliphatic carbocycles. The number of hydrogen-bond acceptors (Lipinski definition) is 4. The first kappa shape index (κ1) is 20.5. The Labute approximate surface area is 178 Å². The van der Waals surface area contributed by atoms with Crippen molar-refractivity contribution in [2.45, 2.75) is 46.1 Å². The Hall–Kier alpha value is -2.82. The number of hydrogen-bond donors (Lipinski definition) is 1. The summed E-state index contributed by atoms with van der Waals surface area (Å²) in [5.74, 6) is 2.06. The standard InChI is InChI=1S/C25H30N2O3/c1-3-29-22-15-19(12-13-21(22)30-17-18-9-5-4-6-10-18)16-26-27-24(28)23-20-11-7-8-14-25(20,23)2/h4-6,9-10,12-13,15-16,20,23H,3,7-8,11,14,17H2,1-2H3,(H,27,28). The topological polar surface area (TPSA) is 59.9 Å². The third kappa shape index (κ3) is 4.35. The van der Waals surface area contributed by atoms with Crippen molar-refractivity contribution in [3.05, 3.63) is 59.7 Å². The highest BCUT2D eigenvalue weighted by Crippen LogP contribution is 2.66. The van der Waals surface area contributed by atoms with Gasteiger partial charge < -0.3 is 9.47 Å². The number of fused-ring (bicyclic) bond motifs is 1. The number of carbonyl (C=O) groups is 1. The van der Waals surface area contributed by atoms with E-state index < -0.39 is 0 Å². The molecule has 1 amide bonds. The quantitative estimate of drug-likeness (QED) is 0.499. The van der Waals surface area contributed by atoms with Gasteiger partial charge >= 0.3 is 0 Å². The van der Waals surface area contributed by atoms with E-state index in [-0.39, 0.29) is 17.2 Å². The minimum atomic E-state index is 0.0495. The Bertz CT molecular complexity index is 912. The highest BCUT2D eigenvalue weighted by Gasteiger charge is 2.64. The molecule has 0 bridgehead atoms. The molecule has 4 rings (SSSR count). The summed E-state index contributed by atoms with van der Waals surface area (Å²) >= 11 is 0. The molecular formula is C25H30N2O3. The SMILES string of the molecule is CCOc1cc(C=NNC(=O)C2C3CCCCC32C)ccc1OCc1ccccc1. The van der Waals surface area contributed by atoms with Gasteiger partial charge in [0.1, 0.15) is 6.61 Å². The summed E-state index contributed by atoms with van der Waals surface area (Å²) in [6.45, 7) is 5.21. The van der Waals surface area contributed by atoms with Crippen molar-refractivity contribution in [3.63, 3.8) is 0 Å². The zero-order chi connectivity index (χ0) is 21.0. The molecule has 2 aromatic rings. The predicted molar refractivity (Wildman–Crippen MR) is 118 cm³/mol. The van der Waals surface area contributed by atoms with Gasteiger partial charge in [-0.1, -0.05) is 50.1 Å². The molecule has 158 valence electrons. The number of ether oxygens (including phenoxy) is 2. The van der Waals surface area contributed by atoms with E-state index in [0.717, 1.165) is 17.5 Å². The zero-order valence-electron chi connectivity index (χ0n) is 17.8. The molecule has 0 spiro atoms. The number of nitrogens with one attached hydrogen (secondary N) is 1. The maximum atomic E-state index is 12.5. The van der Waals surface area contributed by atoms with E-state index in [1.165, 1.54) is 19.3 Å². The molecule has 0 aromatic heterocycles. The Kier molecular flexibility index (Phi) is 6.07. The Morgan fingerprint density at radius 3 is 2.73 bits per heavy atom. The molecule has 3 unspecified atom stereocenters. The second kappa shape index (κ2) is 8.90. The molecule has 0 radical (unpaired) electrons. The van der Waals surface area contributed by atoms with Crippen molar-refractivity contribution in [2.75, 3.05) is 6.61 Å². The van der Waals surface area contributed by atoms with E-state index in [1.54, 1.807) is 6.21 Å². The minimum absolute atomic E-state index is 0.0495. The third-order valence-corrected chi connectivity index (χ3v) is 6.51. The molecule has 5 heteroatoms. The van der Waals surface area contributed by atoms with Crippen LogP contribution in [0, 0.1) is 17.3 Å². The first-order chi connectivity index (χ1) is 14.6. The Balaban J connectivity index is 1.36. The third-order valence-electron chi connectivity index (χ3n) is 6.51. The number of carbonyl (C=O) groups excluding carboxylic acids is 1. The number of nitrogens with zero attached hydrogens (tertiary/aromatic N) is 1. The van der Waals surface area contributed by atoms with Crippen LogP contribution in [0.3, 0.4) is 0 Å². The van der Waals surface area contributed by atoms with Gasteiger partial charge in [-0.2, -0.15) is 5.10 Å². The van der Waals surface area contributed by atoms with Gasteiger partial charge in [-0.05, 0) is 60.4 Å². The summed E-state index contributed by atoms with van der Waals surface area (Å²) in [5.41, 5.74) is 4.89. The van der Waals surface area contributed by atoms with E-state index in [1.807, 2.05) is 55.5 Å². The van der Waals surface area contributed by atoms with Gasteiger partial charge in [0.15, 0.2) is 11.5 Å². The summed E-state index contributed by atoms with van der Waals surface area (Å²) in [4.78, 5) is 12.5. The average Bonchev–Trinajstić information content (AvgIpc) is 3.39. The van der Waals surface area contributed by atoms with Crippen molar-refractivity contribution in [3.8, 4) is 11.5 Å². The summed E-state index contributed by atoms with van der Waals surface area (Å²) in [6.07, 6.45) is 6.46. The van der Waals surface area contributed by atoms with Gasteiger partial charge in [-0.15, -0.1) is 0 Å². The first-order valence-electron chi connectivity index (χ1n) is 10.9.